The van der Waals surface area contributed by atoms with Gasteiger partial charge in [-0.2, -0.15) is 0 Å². The zero-order valence-electron chi connectivity index (χ0n) is 27.1. The largest absolute Gasteiger partial charge is 0.515 e. The Labute approximate surface area is 246 Å². The summed E-state index contributed by atoms with van der Waals surface area (Å²) in [5.74, 6) is 0. The van der Waals surface area contributed by atoms with Crippen molar-refractivity contribution in [3.8, 4) is 0 Å². The molecule has 0 aliphatic heterocycles. The fraction of sp³-hybridized carbons (Fsp3) is 1.00. The van der Waals surface area contributed by atoms with Crippen LogP contribution in [0.3, 0.4) is 0 Å². The SMILES string of the molecule is CCC(C)O[Si](OC(C)CC)(OC(C)CC)C(C)SSC(C)[Si](OC(C)CC)(OC(C)CC)OC(C)CC. The van der Waals surface area contributed by atoms with Crippen LogP contribution in [0.15, 0.2) is 0 Å². The minimum absolute atomic E-state index is 0.0226. The minimum Gasteiger partial charge on any atom is -0.370 e. The fourth-order valence-electron chi connectivity index (χ4n) is 3.21. The molecule has 0 aromatic carbocycles. The first kappa shape index (κ1) is 38.9. The summed E-state index contributed by atoms with van der Waals surface area (Å²) in [4.78, 5) is 0.0453. The van der Waals surface area contributed by atoms with Gasteiger partial charge in [0.2, 0.25) is 0 Å². The molecule has 0 saturated carbocycles. The highest BCUT2D eigenvalue weighted by molar-refractivity contribution is 8.77. The van der Waals surface area contributed by atoms with Crippen LogP contribution in [0.5, 0.6) is 0 Å². The zero-order valence-corrected chi connectivity index (χ0v) is 30.8. The van der Waals surface area contributed by atoms with Gasteiger partial charge in [0, 0.05) is 36.6 Å². The van der Waals surface area contributed by atoms with Crippen molar-refractivity contribution in [1.29, 1.82) is 0 Å². The van der Waals surface area contributed by atoms with E-state index in [9.17, 15) is 0 Å². The smallest absolute Gasteiger partial charge is 0.370 e. The Kier molecular flexibility index (Phi) is 20.4. The van der Waals surface area contributed by atoms with E-state index in [0.29, 0.717) is 0 Å². The maximum absolute atomic E-state index is 6.74. The summed E-state index contributed by atoms with van der Waals surface area (Å²) in [7, 11) is -2.56. The molecule has 10 heteroatoms. The lowest BCUT2D eigenvalue weighted by Crippen LogP contribution is -2.59. The first-order valence-electron chi connectivity index (χ1n) is 15.2. The standard InChI is InChI=1S/C28H62O6S2Si2/c1-15-21(7)29-37(30-22(8)16-2,31-23(9)17-3)27(13)35-36-28(14)38(32-24(10)18-4,33-25(11)19-5)34-26(12)20-6/h21-28H,15-20H2,1-14H3. The second-order valence-corrected chi connectivity index (χ2v) is 20.1. The van der Waals surface area contributed by atoms with Gasteiger partial charge in [0.15, 0.2) is 0 Å². The van der Waals surface area contributed by atoms with Gasteiger partial charge in [-0.15, -0.1) is 0 Å². The third-order valence-corrected chi connectivity index (χ3v) is 19.6. The zero-order chi connectivity index (χ0) is 29.5. The second kappa shape index (κ2) is 19.9. The van der Waals surface area contributed by atoms with Crippen LogP contribution in [0.25, 0.3) is 0 Å². The van der Waals surface area contributed by atoms with E-state index in [4.69, 9.17) is 26.6 Å². The van der Waals surface area contributed by atoms with Crippen LogP contribution in [-0.2, 0) is 26.6 Å². The Morgan fingerprint density at radius 1 is 0.368 bits per heavy atom. The molecule has 0 rings (SSSR count). The van der Waals surface area contributed by atoms with Gasteiger partial charge in [-0.3, -0.25) is 0 Å². The van der Waals surface area contributed by atoms with Gasteiger partial charge >= 0.3 is 17.6 Å². The summed E-state index contributed by atoms with van der Waals surface area (Å²) in [5, 5.41) is 0. The van der Waals surface area contributed by atoms with Gasteiger partial charge in [-0.25, -0.2) is 0 Å². The van der Waals surface area contributed by atoms with Gasteiger partial charge in [-0.1, -0.05) is 63.1 Å². The van der Waals surface area contributed by atoms with Crippen LogP contribution in [-0.4, -0.2) is 64.0 Å². The fourth-order valence-corrected chi connectivity index (χ4v) is 15.5. The highest BCUT2D eigenvalue weighted by atomic mass is 33.1. The molecule has 0 fully saturated rings. The van der Waals surface area contributed by atoms with Crippen molar-refractivity contribution in [1.82, 2.24) is 0 Å². The Morgan fingerprint density at radius 2 is 0.526 bits per heavy atom. The van der Waals surface area contributed by atoms with E-state index < -0.39 is 17.6 Å². The maximum Gasteiger partial charge on any atom is 0.515 e. The molecule has 8 unspecified atom stereocenters. The molecule has 230 valence electrons. The molecule has 0 aromatic heterocycles. The van der Waals surface area contributed by atoms with E-state index in [1.54, 1.807) is 21.6 Å². The highest BCUT2D eigenvalue weighted by Crippen LogP contribution is 2.42. The monoisotopic (exact) mass is 614 g/mol. The molecule has 0 bridgehead atoms. The Bertz CT molecular complexity index is 493. The van der Waals surface area contributed by atoms with E-state index >= 15 is 0 Å². The minimum atomic E-state index is -3.06. The third kappa shape index (κ3) is 13.3. The van der Waals surface area contributed by atoms with Crippen molar-refractivity contribution >= 4 is 39.2 Å². The quantitative estimate of drug-likeness (QED) is 0.0835. The van der Waals surface area contributed by atoms with Crippen LogP contribution in [0.4, 0.5) is 0 Å². The summed E-state index contributed by atoms with van der Waals surface area (Å²) in [5.41, 5.74) is 0. The summed E-state index contributed by atoms with van der Waals surface area (Å²) in [6.07, 6.45) is 5.82. The molecule has 0 aliphatic carbocycles. The summed E-state index contributed by atoms with van der Waals surface area (Å²) >= 11 is 0. The first-order chi connectivity index (χ1) is 17.8. The average Bonchev–Trinajstić information content (AvgIpc) is 2.90. The predicted octanol–water partition coefficient (Wildman–Crippen LogP) is 8.99. The molecule has 0 aromatic rings. The lowest BCUT2D eigenvalue weighted by atomic mass is 10.3. The first-order valence-corrected chi connectivity index (χ1v) is 21.0. The molecule has 38 heavy (non-hydrogen) atoms. The van der Waals surface area contributed by atoms with Crippen molar-refractivity contribution in [2.45, 2.75) is 182 Å². The van der Waals surface area contributed by atoms with Crippen molar-refractivity contribution in [3.63, 3.8) is 0 Å². The summed E-state index contributed by atoms with van der Waals surface area (Å²) < 4.78 is 40.4. The molecule has 6 nitrogen and oxygen atoms in total. The van der Waals surface area contributed by atoms with Crippen LogP contribution >= 0.6 is 21.6 Å². The van der Waals surface area contributed by atoms with Crippen LogP contribution in [0.1, 0.15) is 135 Å². The molecule has 0 saturated heterocycles. The van der Waals surface area contributed by atoms with Gasteiger partial charge < -0.3 is 26.6 Å². The van der Waals surface area contributed by atoms with E-state index in [1.807, 2.05) is 0 Å². The third-order valence-electron chi connectivity index (χ3n) is 6.98. The molecule has 0 heterocycles. The normalized spacial score (nSPS) is 21.9. The molecule has 0 N–H and O–H groups in total. The maximum atomic E-state index is 6.74. The number of rotatable bonds is 23. The van der Waals surface area contributed by atoms with Crippen LogP contribution < -0.4 is 0 Å². The Balaban J connectivity index is 6.25. The molecular formula is C28H62O6S2Si2. The van der Waals surface area contributed by atoms with E-state index in [2.05, 4.69) is 96.9 Å². The summed E-state index contributed by atoms with van der Waals surface area (Å²) in [6, 6.07) is 0. The van der Waals surface area contributed by atoms with Gasteiger partial charge in [0.1, 0.15) is 0 Å². The lowest BCUT2D eigenvalue weighted by Gasteiger charge is -2.41. The molecule has 0 aliphatic rings. The van der Waals surface area contributed by atoms with E-state index in [1.165, 1.54) is 0 Å². The van der Waals surface area contributed by atoms with Crippen molar-refractivity contribution in [3.05, 3.63) is 0 Å². The molecule has 0 radical (unpaired) electrons. The van der Waals surface area contributed by atoms with Gasteiger partial charge in [-0.05, 0) is 93.9 Å². The lowest BCUT2D eigenvalue weighted by molar-refractivity contribution is -0.0123. The van der Waals surface area contributed by atoms with Crippen molar-refractivity contribution in [2.24, 2.45) is 0 Å². The molecule has 8 atom stereocenters. The molecule has 0 spiro atoms. The van der Waals surface area contributed by atoms with E-state index in [-0.39, 0.29) is 46.4 Å². The number of hydrogen-bond donors (Lipinski definition) is 0. The van der Waals surface area contributed by atoms with Crippen molar-refractivity contribution in [2.75, 3.05) is 0 Å². The topological polar surface area (TPSA) is 55.4 Å². The van der Waals surface area contributed by atoms with Crippen LogP contribution in [0.2, 0.25) is 0 Å². The average molecular weight is 615 g/mol. The van der Waals surface area contributed by atoms with E-state index in [0.717, 1.165) is 38.5 Å². The second-order valence-electron chi connectivity index (χ2n) is 10.7. The predicted molar refractivity (Wildman–Crippen MR) is 171 cm³/mol. The van der Waals surface area contributed by atoms with Gasteiger partial charge in [0.05, 0.1) is 9.75 Å². The summed E-state index contributed by atoms with van der Waals surface area (Å²) in [6.45, 7) is 30.0. The Hall–Kier alpha value is 0.894. The van der Waals surface area contributed by atoms with Gasteiger partial charge in [0.25, 0.3) is 0 Å². The Morgan fingerprint density at radius 3 is 0.658 bits per heavy atom. The highest BCUT2D eigenvalue weighted by Gasteiger charge is 2.55. The van der Waals surface area contributed by atoms with Crippen LogP contribution in [0, 0.1) is 0 Å². The molecular weight excluding hydrogens is 553 g/mol. The van der Waals surface area contributed by atoms with Crippen molar-refractivity contribution < 1.29 is 26.6 Å². The molecule has 0 amide bonds. The number of hydrogen-bond acceptors (Lipinski definition) is 8.